The smallest absolute Gasteiger partial charge is 0.271 e. The first-order chi connectivity index (χ1) is 10.6. The lowest BCUT2D eigenvalue weighted by molar-refractivity contribution is 0.0730. The summed E-state index contributed by atoms with van der Waals surface area (Å²) in [5.41, 5.74) is 1.29. The molecule has 0 atom stereocenters. The Morgan fingerprint density at radius 1 is 1.41 bits per heavy atom. The molecule has 0 radical (unpaired) electrons. The fourth-order valence-corrected chi connectivity index (χ4v) is 3.72. The van der Waals surface area contributed by atoms with Crippen molar-refractivity contribution in [3.8, 4) is 0 Å². The van der Waals surface area contributed by atoms with E-state index >= 15 is 0 Å². The molecule has 2 heterocycles. The van der Waals surface area contributed by atoms with Crippen molar-refractivity contribution >= 4 is 15.9 Å². The molecular formula is C13H20N4O4S. The van der Waals surface area contributed by atoms with E-state index in [0.717, 1.165) is 18.5 Å². The number of sulfonamides is 1. The van der Waals surface area contributed by atoms with E-state index < -0.39 is 10.0 Å². The lowest BCUT2D eigenvalue weighted by atomic mass is 10.2. The van der Waals surface area contributed by atoms with Crippen molar-refractivity contribution < 1.29 is 17.9 Å². The van der Waals surface area contributed by atoms with Gasteiger partial charge in [0.05, 0.1) is 19.0 Å². The lowest BCUT2D eigenvalue weighted by Crippen LogP contribution is -2.43. The number of hydrogen-bond donors (Lipinski definition) is 2. The molecule has 9 heteroatoms. The number of ether oxygens (including phenoxy) is 1. The van der Waals surface area contributed by atoms with Crippen LogP contribution < -0.4 is 5.32 Å². The Balaban J connectivity index is 1.47. The van der Waals surface area contributed by atoms with Crippen LogP contribution in [0.25, 0.3) is 0 Å². The molecule has 0 spiro atoms. The third kappa shape index (κ3) is 3.65. The van der Waals surface area contributed by atoms with Gasteiger partial charge in [0, 0.05) is 31.2 Å². The minimum atomic E-state index is -3.35. The van der Waals surface area contributed by atoms with Gasteiger partial charge in [0.15, 0.2) is 0 Å². The molecule has 8 nitrogen and oxygen atoms in total. The Kier molecular flexibility index (Phi) is 4.46. The van der Waals surface area contributed by atoms with Gasteiger partial charge in [-0.3, -0.25) is 9.89 Å². The fraction of sp³-hybridized carbons (Fsp3) is 0.692. The molecule has 122 valence electrons. The maximum absolute atomic E-state index is 12.1. The minimum absolute atomic E-state index is 0.0736. The van der Waals surface area contributed by atoms with Crippen molar-refractivity contribution in [3.05, 3.63) is 17.5 Å². The Morgan fingerprint density at radius 2 is 2.14 bits per heavy atom. The first-order valence-electron chi connectivity index (χ1n) is 7.45. The third-order valence-electron chi connectivity index (χ3n) is 3.86. The van der Waals surface area contributed by atoms with Crippen LogP contribution >= 0.6 is 0 Å². The Labute approximate surface area is 129 Å². The number of morpholine rings is 1. The van der Waals surface area contributed by atoms with Crippen LogP contribution in [0.5, 0.6) is 0 Å². The number of amides is 1. The second-order valence-electron chi connectivity index (χ2n) is 5.57. The molecule has 1 aromatic heterocycles. The third-order valence-corrected chi connectivity index (χ3v) is 5.73. The quantitative estimate of drug-likeness (QED) is 0.745. The molecule has 1 amide bonds. The number of hydrogen-bond acceptors (Lipinski definition) is 5. The van der Waals surface area contributed by atoms with E-state index in [1.807, 2.05) is 0 Å². The van der Waals surface area contributed by atoms with E-state index in [1.165, 1.54) is 4.31 Å². The highest BCUT2D eigenvalue weighted by Gasteiger charge is 2.27. The SMILES string of the molecule is O=C(NCCS(=O)(=O)N1CCOCC1)c1cc(C2CC2)[nH]n1. The van der Waals surface area contributed by atoms with Crippen LogP contribution in [-0.4, -0.2) is 67.4 Å². The number of aromatic amines is 1. The first kappa shape index (κ1) is 15.4. The fourth-order valence-electron chi connectivity index (χ4n) is 2.39. The van der Waals surface area contributed by atoms with Crippen molar-refractivity contribution in [1.82, 2.24) is 19.8 Å². The number of aromatic nitrogens is 2. The molecular weight excluding hydrogens is 308 g/mol. The van der Waals surface area contributed by atoms with E-state index in [4.69, 9.17) is 4.74 Å². The molecule has 1 aromatic rings. The van der Waals surface area contributed by atoms with Crippen LogP contribution in [0.15, 0.2) is 6.07 Å². The van der Waals surface area contributed by atoms with Crippen LogP contribution in [0.1, 0.15) is 34.9 Å². The van der Waals surface area contributed by atoms with Crippen molar-refractivity contribution in [1.29, 1.82) is 0 Å². The highest BCUT2D eigenvalue weighted by molar-refractivity contribution is 7.89. The number of H-pyrrole nitrogens is 1. The highest BCUT2D eigenvalue weighted by Crippen LogP contribution is 2.38. The monoisotopic (exact) mass is 328 g/mol. The standard InChI is InChI=1S/C13H20N4O4S/c18-13(12-9-11(15-16-12)10-1-2-10)14-3-8-22(19,20)17-4-6-21-7-5-17/h9-10H,1-8H2,(H,14,18)(H,15,16). The number of nitrogens with one attached hydrogen (secondary N) is 2. The summed E-state index contributed by atoms with van der Waals surface area (Å²) in [5.74, 6) is 0.0367. The summed E-state index contributed by atoms with van der Waals surface area (Å²) in [6.45, 7) is 1.66. The molecule has 2 N–H and O–H groups in total. The van der Waals surface area contributed by atoms with E-state index in [0.29, 0.717) is 37.9 Å². The Bertz CT molecular complexity index is 632. The molecule has 0 bridgehead atoms. The van der Waals surface area contributed by atoms with Gasteiger partial charge in [-0.25, -0.2) is 8.42 Å². The predicted octanol–water partition coefficient (Wildman–Crippen LogP) is -0.321. The normalized spacial score (nSPS) is 20.0. The van der Waals surface area contributed by atoms with E-state index in [1.54, 1.807) is 6.07 Å². The van der Waals surface area contributed by atoms with E-state index in [9.17, 15) is 13.2 Å². The second-order valence-corrected chi connectivity index (χ2v) is 7.65. The van der Waals surface area contributed by atoms with Crippen molar-refractivity contribution in [2.24, 2.45) is 0 Å². The van der Waals surface area contributed by atoms with Crippen molar-refractivity contribution in [3.63, 3.8) is 0 Å². The van der Waals surface area contributed by atoms with Crippen LogP contribution in [0.2, 0.25) is 0 Å². The molecule has 22 heavy (non-hydrogen) atoms. The molecule has 2 fully saturated rings. The number of carbonyl (C=O) groups excluding carboxylic acids is 1. The zero-order valence-electron chi connectivity index (χ0n) is 12.2. The molecule has 1 aliphatic heterocycles. The summed E-state index contributed by atoms with van der Waals surface area (Å²) < 4.78 is 30.7. The molecule has 1 saturated heterocycles. The van der Waals surface area contributed by atoms with Crippen molar-refractivity contribution in [2.45, 2.75) is 18.8 Å². The number of nitrogens with zero attached hydrogens (tertiary/aromatic N) is 2. The topological polar surface area (TPSA) is 104 Å². The summed E-state index contributed by atoms with van der Waals surface area (Å²) in [4.78, 5) is 11.9. The van der Waals surface area contributed by atoms with Gasteiger partial charge in [-0.05, 0) is 18.9 Å². The van der Waals surface area contributed by atoms with E-state index in [-0.39, 0.29) is 18.2 Å². The molecule has 1 aliphatic carbocycles. The average molecular weight is 328 g/mol. The molecule has 0 aromatic carbocycles. The summed E-state index contributed by atoms with van der Waals surface area (Å²) in [6, 6.07) is 1.74. The van der Waals surface area contributed by atoms with Gasteiger partial charge in [-0.15, -0.1) is 0 Å². The Morgan fingerprint density at radius 3 is 2.82 bits per heavy atom. The molecule has 1 saturated carbocycles. The molecule has 3 rings (SSSR count). The number of carbonyl (C=O) groups is 1. The van der Waals surface area contributed by atoms with Gasteiger partial charge < -0.3 is 10.1 Å². The van der Waals surface area contributed by atoms with Crippen LogP contribution in [0, 0.1) is 0 Å². The van der Waals surface area contributed by atoms with Gasteiger partial charge in [0.25, 0.3) is 5.91 Å². The maximum Gasteiger partial charge on any atom is 0.271 e. The van der Waals surface area contributed by atoms with Gasteiger partial charge in [-0.1, -0.05) is 0 Å². The van der Waals surface area contributed by atoms with Crippen molar-refractivity contribution in [2.75, 3.05) is 38.6 Å². The van der Waals surface area contributed by atoms with E-state index in [2.05, 4.69) is 15.5 Å². The number of rotatable bonds is 6. The largest absolute Gasteiger partial charge is 0.379 e. The second kappa shape index (κ2) is 6.35. The first-order valence-corrected chi connectivity index (χ1v) is 9.06. The zero-order valence-corrected chi connectivity index (χ0v) is 13.1. The average Bonchev–Trinajstić information content (AvgIpc) is 3.25. The van der Waals surface area contributed by atoms with Gasteiger partial charge >= 0.3 is 0 Å². The Hall–Kier alpha value is -1.45. The van der Waals surface area contributed by atoms with Gasteiger partial charge in [0.1, 0.15) is 5.69 Å². The summed E-state index contributed by atoms with van der Waals surface area (Å²) >= 11 is 0. The highest BCUT2D eigenvalue weighted by atomic mass is 32.2. The van der Waals surface area contributed by atoms with Crippen LogP contribution in [-0.2, 0) is 14.8 Å². The maximum atomic E-state index is 12.1. The summed E-state index contributed by atoms with van der Waals surface area (Å²) in [7, 11) is -3.35. The van der Waals surface area contributed by atoms with Gasteiger partial charge in [-0.2, -0.15) is 9.40 Å². The summed E-state index contributed by atoms with van der Waals surface area (Å²) in [5, 5.41) is 9.43. The van der Waals surface area contributed by atoms with Gasteiger partial charge in [0.2, 0.25) is 10.0 Å². The lowest BCUT2D eigenvalue weighted by Gasteiger charge is -2.25. The minimum Gasteiger partial charge on any atom is -0.379 e. The zero-order chi connectivity index (χ0) is 15.6. The van der Waals surface area contributed by atoms with Crippen LogP contribution in [0.3, 0.4) is 0 Å². The molecule has 2 aliphatic rings. The molecule has 0 unspecified atom stereocenters. The van der Waals surface area contributed by atoms with Crippen LogP contribution in [0.4, 0.5) is 0 Å². The predicted molar refractivity (Wildman–Crippen MR) is 79.1 cm³/mol. The summed E-state index contributed by atoms with van der Waals surface area (Å²) in [6.07, 6.45) is 2.25.